The maximum Gasteiger partial charge on any atom is 0.0491 e. The molecule has 0 radical (unpaired) electrons. The summed E-state index contributed by atoms with van der Waals surface area (Å²) >= 11 is 2.03. The van der Waals surface area contributed by atoms with Gasteiger partial charge in [0.15, 0.2) is 0 Å². The molecule has 0 bridgehead atoms. The lowest BCUT2D eigenvalue weighted by molar-refractivity contribution is 0.645. The van der Waals surface area contributed by atoms with Crippen LogP contribution in [0.3, 0.4) is 0 Å². The summed E-state index contributed by atoms with van der Waals surface area (Å²) in [6, 6.07) is 28.7. The first-order valence-electron chi connectivity index (χ1n) is 10.3. The van der Waals surface area contributed by atoms with Crippen molar-refractivity contribution in [3.8, 4) is 0 Å². The Labute approximate surface area is 176 Å². The Bertz CT molecular complexity index is 1280. The highest BCUT2D eigenvalue weighted by atomic mass is 32.2. The average molecular weight is 394 g/mol. The Morgan fingerprint density at radius 2 is 1.59 bits per heavy atom. The van der Waals surface area contributed by atoms with Crippen LogP contribution in [0.25, 0.3) is 22.6 Å². The number of hydrogen-bond acceptors (Lipinski definition) is 1. The van der Waals surface area contributed by atoms with Crippen molar-refractivity contribution in [1.82, 2.24) is 4.57 Å². The van der Waals surface area contributed by atoms with E-state index in [2.05, 4.69) is 103 Å². The molecular weight excluding hydrogens is 370 g/mol. The minimum Gasteiger partial charge on any atom is -0.336 e. The van der Waals surface area contributed by atoms with Gasteiger partial charge in [0.25, 0.3) is 0 Å². The number of fused-ring (bicyclic) bond motifs is 7. The van der Waals surface area contributed by atoms with Gasteiger partial charge < -0.3 is 4.57 Å². The maximum absolute atomic E-state index is 2.52. The monoisotopic (exact) mass is 393 g/mol. The van der Waals surface area contributed by atoms with E-state index in [4.69, 9.17) is 0 Å². The fourth-order valence-electron chi connectivity index (χ4n) is 5.22. The molecule has 1 nitrogen and oxygen atoms in total. The highest BCUT2D eigenvalue weighted by Crippen LogP contribution is 2.61. The van der Waals surface area contributed by atoms with Gasteiger partial charge in [0.05, 0.1) is 0 Å². The highest BCUT2D eigenvalue weighted by molar-refractivity contribution is 8.00. The molecular formula is C27H23NS. The average Bonchev–Trinajstić information content (AvgIpc) is 3.26. The molecule has 3 aromatic carbocycles. The van der Waals surface area contributed by atoms with Crippen molar-refractivity contribution in [3.63, 3.8) is 0 Å². The first-order chi connectivity index (χ1) is 14.1. The van der Waals surface area contributed by atoms with Crippen molar-refractivity contribution in [2.45, 2.75) is 36.0 Å². The van der Waals surface area contributed by atoms with Crippen molar-refractivity contribution >= 4 is 34.3 Å². The SMILES string of the molecule is CC1(C)Sc2ccccc2C2=Cc3c(c4ccccc4n3Cc3ccccc3)[C@H]21. The van der Waals surface area contributed by atoms with E-state index in [-0.39, 0.29) is 4.75 Å². The molecule has 2 aliphatic rings. The summed E-state index contributed by atoms with van der Waals surface area (Å²) in [7, 11) is 0. The van der Waals surface area contributed by atoms with Crippen molar-refractivity contribution in [3.05, 3.63) is 101 Å². The molecule has 2 heteroatoms. The third kappa shape index (κ3) is 2.49. The molecule has 6 rings (SSSR count). The molecule has 0 unspecified atom stereocenters. The Kier molecular flexibility index (Phi) is 3.64. The molecule has 29 heavy (non-hydrogen) atoms. The summed E-state index contributed by atoms with van der Waals surface area (Å²) in [5, 5.41) is 1.41. The summed E-state index contributed by atoms with van der Waals surface area (Å²) in [4.78, 5) is 1.41. The van der Waals surface area contributed by atoms with Crippen LogP contribution in [0.15, 0.2) is 83.8 Å². The van der Waals surface area contributed by atoms with Crippen LogP contribution in [0, 0.1) is 0 Å². The highest BCUT2D eigenvalue weighted by Gasteiger charge is 2.45. The van der Waals surface area contributed by atoms with Gasteiger partial charge in [-0.25, -0.2) is 0 Å². The summed E-state index contributed by atoms with van der Waals surface area (Å²) < 4.78 is 2.64. The van der Waals surface area contributed by atoms with E-state index in [0.717, 1.165) is 6.54 Å². The van der Waals surface area contributed by atoms with Crippen LogP contribution in [0.4, 0.5) is 0 Å². The van der Waals surface area contributed by atoms with Gasteiger partial charge in [-0.2, -0.15) is 0 Å². The number of aromatic nitrogens is 1. The lowest BCUT2D eigenvalue weighted by Crippen LogP contribution is -2.28. The Morgan fingerprint density at radius 1 is 0.862 bits per heavy atom. The predicted molar refractivity (Wildman–Crippen MR) is 124 cm³/mol. The number of allylic oxidation sites excluding steroid dienone is 1. The summed E-state index contributed by atoms with van der Waals surface area (Å²) in [5.74, 6) is 0.416. The van der Waals surface area contributed by atoms with E-state index in [1.807, 2.05) is 11.8 Å². The number of benzene rings is 3. The summed E-state index contributed by atoms with van der Waals surface area (Å²) in [6.07, 6.45) is 2.48. The van der Waals surface area contributed by atoms with Crippen LogP contribution in [-0.2, 0) is 6.54 Å². The van der Waals surface area contributed by atoms with Crippen LogP contribution in [-0.4, -0.2) is 9.31 Å². The third-order valence-electron chi connectivity index (χ3n) is 6.39. The van der Waals surface area contributed by atoms with Crippen LogP contribution < -0.4 is 0 Å². The summed E-state index contributed by atoms with van der Waals surface area (Å²) in [6.45, 7) is 5.72. The van der Waals surface area contributed by atoms with E-state index < -0.39 is 0 Å². The largest absolute Gasteiger partial charge is 0.336 e. The first-order valence-corrected chi connectivity index (χ1v) is 11.1. The zero-order valence-corrected chi connectivity index (χ0v) is 17.5. The van der Waals surface area contributed by atoms with Crippen LogP contribution in [0.5, 0.6) is 0 Å². The minimum absolute atomic E-state index is 0.118. The number of nitrogens with zero attached hydrogens (tertiary/aromatic N) is 1. The lowest BCUT2D eigenvalue weighted by Gasteiger charge is -2.39. The second-order valence-electron chi connectivity index (χ2n) is 8.62. The van der Waals surface area contributed by atoms with Gasteiger partial charge >= 0.3 is 0 Å². The molecule has 4 aromatic rings. The Balaban J connectivity index is 1.63. The first kappa shape index (κ1) is 17.2. The molecule has 0 spiro atoms. The van der Waals surface area contributed by atoms with Gasteiger partial charge in [-0.1, -0.05) is 66.7 Å². The van der Waals surface area contributed by atoms with E-state index in [1.54, 1.807) is 0 Å². The van der Waals surface area contributed by atoms with Gasteiger partial charge in [0.1, 0.15) is 0 Å². The fourth-order valence-corrected chi connectivity index (χ4v) is 6.60. The third-order valence-corrected chi connectivity index (χ3v) is 7.73. The molecule has 0 saturated heterocycles. The zero-order chi connectivity index (χ0) is 19.6. The quantitative estimate of drug-likeness (QED) is 0.348. The smallest absolute Gasteiger partial charge is 0.0491 e. The van der Waals surface area contributed by atoms with E-state index >= 15 is 0 Å². The van der Waals surface area contributed by atoms with Gasteiger partial charge in [0, 0.05) is 38.7 Å². The fraction of sp³-hybridized carbons (Fsp3) is 0.185. The molecule has 1 aromatic heterocycles. The topological polar surface area (TPSA) is 4.93 Å². The van der Waals surface area contributed by atoms with E-state index in [9.17, 15) is 0 Å². The number of thioether (sulfide) groups is 1. The summed E-state index contributed by atoms with van der Waals surface area (Å²) in [5.41, 5.74) is 8.49. The molecule has 0 amide bonds. The van der Waals surface area contributed by atoms with Gasteiger partial charge in [-0.3, -0.25) is 0 Å². The molecule has 0 saturated carbocycles. The Morgan fingerprint density at radius 3 is 2.45 bits per heavy atom. The normalized spacial score (nSPS) is 18.8. The molecule has 0 N–H and O–H groups in total. The number of hydrogen-bond donors (Lipinski definition) is 0. The minimum atomic E-state index is 0.118. The zero-order valence-electron chi connectivity index (χ0n) is 16.7. The van der Waals surface area contributed by atoms with Crippen LogP contribution in [0.1, 0.15) is 42.1 Å². The molecule has 1 aliphatic heterocycles. The van der Waals surface area contributed by atoms with E-state index in [0.29, 0.717) is 5.92 Å². The van der Waals surface area contributed by atoms with Crippen molar-refractivity contribution in [2.75, 3.05) is 0 Å². The van der Waals surface area contributed by atoms with Crippen LogP contribution >= 0.6 is 11.8 Å². The van der Waals surface area contributed by atoms with Gasteiger partial charge in [-0.15, -0.1) is 11.8 Å². The molecule has 142 valence electrons. The second-order valence-corrected chi connectivity index (χ2v) is 10.3. The predicted octanol–water partition coefficient (Wildman–Crippen LogP) is 7.21. The second kappa shape index (κ2) is 6.14. The number of para-hydroxylation sites is 1. The molecule has 2 heterocycles. The lowest BCUT2D eigenvalue weighted by atomic mass is 9.81. The van der Waals surface area contributed by atoms with Crippen molar-refractivity contribution in [1.29, 1.82) is 0 Å². The van der Waals surface area contributed by atoms with Gasteiger partial charge in [0.2, 0.25) is 0 Å². The Hall–Kier alpha value is -2.71. The molecule has 0 fully saturated rings. The van der Waals surface area contributed by atoms with Gasteiger partial charge in [-0.05, 0) is 54.3 Å². The van der Waals surface area contributed by atoms with Crippen molar-refractivity contribution in [2.24, 2.45) is 0 Å². The molecule has 1 atom stereocenters. The number of rotatable bonds is 2. The maximum atomic E-state index is 2.52. The van der Waals surface area contributed by atoms with Crippen LogP contribution in [0.2, 0.25) is 0 Å². The van der Waals surface area contributed by atoms with E-state index in [1.165, 1.54) is 43.8 Å². The molecule has 1 aliphatic carbocycles. The standard InChI is InChI=1S/C27H23NS/c1-27(2)26-21(19-12-7-9-15-24(19)29-27)16-23-25(26)20-13-6-8-14-22(20)28(23)17-18-10-4-3-5-11-18/h3-16,26H,17H2,1-2H3/t26-/m0/s1. The van der Waals surface area contributed by atoms with Crippen molar-refractivity contribution < 1.29 is 0 Å².